The highest BCUT2D eigenvalue weighted by molar-refractivity contribution is 4.75. The van der Waals surface area contributed by atoms with E-state index in [2.05, 4.69) is 13.8 Å². The van der Waals surface area contributed by atoms with E-state index in [1.54, 1.807) is 0 Å². The van der Waals surface area contributed by atoms with Gasteiger partial charge in [0.1, 0.15) is 0 Å². The molecule has 0 heterocycles. The van der Waals surface area contributed by atoms with Gasteiger partial charge in [-0.1, -0.05) is 90.9 Å². The van der Waals surface area contributed by atoms with Crippen molar-refractivity contribution in [2.45, 2.75) is 109 Å². The van der Waals surface area contributed by atoms with Crippen molar-refractivity contribution < 1.29 is 0 Å². The number of rotatable bonds is 14. The van der Waals surface area contributed by atoms with Gasteiger partial charge in [0.05, 0.1) is 5.66 Å². The number of hydrogen-bond donors (Lipinski definition) is 2. The lowest BCUT2D eigenvalue weighted by atomic mass is 9.97. The molecule has 0 fully saturated rings. The van der Waals surface area contributed by atoms with Crippen LogP contribution in [-0.2, 0) is 0 Å². The Kier molecular flexibility index (Phi) is 12.9. The van der Waals surface area contributed by atoms with Crippen LogP contribution in [0.3, 0.4) is 0 Å². The Morgan fingerprint density at radius 1 is 0.526 bits per heavy atom. The molecule has 0 aromatic carbocycles. The van der Waals surface area contributed by atoms with Crippen molar-refractivity contribution in [1.29, 1.82) is 0 Å². The zero-order valence-electron chi connectivity index (χ0n) is 13.6. The van der Waals surface area contributed by atoms with Crippen molar-refractivity contribution in [3.05, 3.63) is 0 Å². The van der Waals surface area contributed by atoms with Crippen LogP contribution in [0.1, 0.15) is 104 Å². The third-order valence-corrected chi connectivity index (χ3v) is 3.96. The zero-order valence-corrected chi connectivity index (χ0v) is 13.6. The molecule has 0 aromatic heterocycles. The molecule has 19 heavy (non-hydrogen) atoms. The first-order chi connectivity index (χ1) is 9.12. The van der Waals surface area contributed by atoms with Crippen LogP contribution >= 0.6 is 0 Å². The maximum atomic E-state index is 6.03. The lowest BCUT2D eigenvalue weighted by Crippen LogP contribution is -2.48. The summed E-state index contributed by atoms with van der Waals surface area (Å²) in [6.07, 6.45) is 18.2. The summed E-state index contributed by atoms with van der Waals surface area (Å²) in [5.74, 6) is 0. The van der Waals surface area contributed by atoms with Crippen molar-refractivity contribution in [2.24, 2.45) is 11.5 Å². The first-order valence-corrected chi connectivity index (χ1v) is 8.70. The summed E-state index contributed by atoms with van der Waals surface area (Å²) in [5.41, 5.74) is 11.6. The second-order valence-electron chi connectivity index (χ2n) is 6.27. The Hall–Kier alpha value is -0.0800. The van der Waals surface area contributed by atoms with Gasteiger partial charge in [-0.05, 0) is 12.8 Å². The molecule has 0 radical (unpaired) electrons. The maximum Gasteiger partial charge on any atom is 0.0636 e. The largest absolute Gasteiger partial charge is 0.313 e. The van der Waals surface area contributed by atoms with Crippen LogP contribution in [0.25, 0.3) is 0 Å². The minimum Gasteiger partial charge on any atom is -0.313 e. The Labute approximate surface area is 121 Å². The molecular weight excluding hydrogens is 232 g/mol. The summed E-state index contributed by atoms with van der Waals surface area (Å²) in [6.45, 7) is 4.42. The van der Waals surface area contributed by atoms with Crippen molar-refractivity contribution >= 4 is 0 Å². The third-order valence-electron chi connectivity index (χ3n) is 3.96. The first kappa shape index (κ1) is 18.9. The molecule has 4 N–H and O–H groups in total. The molecule has 0 amide bonds. The predicted octanol–water partition coefficient (Wildman–Crippen LogP) is 5.10. The molecular formula is C17H38N2. The predicted molar refractivity (Wildman–Crippen MR) is 87.1 cm³/mol. The van der Waals surface area contributed by atoms with E-state index >= 15 is 0 Å². The standard InChI is InChI=1S/C17H38N2/c1-3-5-6-7-8-9-10-11-12-13-14-16-17(18,19)15-4-2/h3-16,18-19H2,1-2H3. The Morgan fingerprint density at radius 2 is 0.947 bits per heavy atom. The van der Waals surface area contributed by atoms with Crippen LogP contribution < -0.4 is 11.5 Å². The Bertz CT molecular complexity index is 178. The van der Waals surface area contributed by atoms with Gasteiger partial charge >= 0.3 is 0 Å². The molecule has 2 nitrogen and oxygen atoms in total. The van der Waals surface area contributed by atoms with Gasteiger partial charge in [-0.25, -0.2) is 0 Å². The molecule has 116 valence electrons. The van der Waals surface area contributed by atoms with Gasteiger partial charge in [-0.2, -0.15) is 0 Å². The quantitative estimate of drug-likeness (QED) is 0.341. The summed E-state index contributed by atoms with van der Waals surface area (Å²) in [6, 6.07) is 0. The van der Waals surface area contributed by atoms with Crippen LogP contribution in [0.2, 0.25) is 0 Å². The normalized spacial score (nSPS) is 12.0. The van der Waals surface area contributed by atoms with Gasteiger partial charge in [-0.3, -0.25) is 0 Å². The highest BCUT2D eigenvalue weighted by Crippen LogP contribution is 2.15. The van der Waals surface area contributed by atoms with Gasteiger partial charge in [-0.15, -0.1) is 0 Å². The van der Waals surface area contributed by atoms with Crippen molar-refractivity contribution in [3.8, 4) is 0 Å². The van der Waals surface area contributed by atoms with Gasteiger partial charge in [0.25, 0.3) is 0 Å². The second kappa shape index (κ2) is 12.9. The van der Waals surface area contributed by atoms with Gasteiger partial charge < -0.3 is 11.5 Å². The van der Waals surface area contributed by atoms with Crippen LogP contribution in [0.5, 0.6) is 0 Å². The van der Waals surface area contributed by atoms with E-state index in [9.17, 15) is 0 Å². The average molecular weight is 271 g/mol. The number of unbranched alkanes of at least 4 members (excludes halogenated alkanes) is 10. The summed E-state index contributed by atoms with van der Waals surface area (Å²) in [7, 11) is 0. The van der Waals surface area contributed by atoms with E-state index in [1.165, 1.54) is 70.6 Å². The number of nitrogens with two attached hydrogens (primary N) is 2. The van der Waals surface area contributed by atoms with Crippen LogP contribution in [0.4, 0.5) is 0 Å². The second-order valence-corrected chi connectivity index (χ2v) is 6.27. The van der Waals surface area contributed by atoms with Gasteiger partial charge in [0.15, 0.2) is 0 Å². The fraction of sp³-hybridized carbons (Fsp3) is 1.00. The van der Waals surface area contributed by atoms with Gasteiger partial charge in [0, 0.05) is 0 Å². The Balaban J connectivity index is 3.14. The van der Waals surface area contributed by atoms with E-state index < -0.39 is 5.66 Å². The van der Waals surface area contributed by atoms with Crippen molar-refractivity contribution in [1.82, 2.24) is 0 Å². The molecule has 0 spiro atoms. The molecule has 0 rings (SSSR count). The average Bonchev–Trinajstić information content (AvgIpc) is 2.36. The third kappa shape index (κ3) is 14.1. The molecule has 0 saturated heterocycles. The summed E-state index contributed by atoms with van der Waals surface area (Å²) < 4.78 is 0. The van der Waals surface area contributed by atoms with Crippen LogP contribution in [0.15, 0.2) is 0 Å². The molecule has 0 saturated carbocycles. The monoisotopic (exact) mass is 270 g/mol. The lowest BCUT2D eigenvalue weighted by molar-refractivity contribution is 0.357. The molecule has 0 atom stereocenters. The van der Waals surface area contributed by atoms with E-state index in [4.69, 9.17) is 11.5 Å². The molecule has 0 bridgehead atoms. The minimum absolute atomic E-state index is 0.409. The fourth-order valence-electron chi connectivity index (χ4n) is 2.71. The lowest BCUT2D eigenvalue weighted by Gasteiger charge is -2.23. The molecule has 0 aliphatic heterocycles. The highest BCUT2D eigenvalue weighted by atomic mass is 14.9. The van der Waals surface area contributed by atoms with E-state index in [0.717, 1.165) is 19.3 Å². The SMILES string of the molecule is CCCCCCCCCCCCCC(N)(N)CCC. The highest BCUT2D eigenvalue weighted by Gasteiger charge is 2.16. The zero-order chi connectivity index (χ0) is 14.4. The van der Waals surface area contributed by atoms with E-state index in [-0.39, 0.29) is 0 Å². The van der Waals surface area contributed by atoms with Crippen LogP contribution in [-0.4, -0.2) is 5.66 Å². The van der Waals surface area contributed by atoms with Crippen LogP contribution in [0, 0.1) is 0 Å². The summed E-state index contributed by atoms with van der Waals surface area (Å²) >= 11 is 0. The Morgan fingerprint density at radius 3 is 1.37 bits per heavy atom. The molecule has 0 unspecified atom stereocenters. The van der Waals surface area contributed by atoms with E-state index in [1.807, 2.05) is 0 Å². The van der Waals surface area contributed by atoms with E-state index in [0.29, 0.717) is 0 Å². The maximum absolute atomic E-state index is 6.03. The fourth-order valence-corrected chi connectivity index (χ4v) is 2.71. The summed E-state index contributed by atoms with van der Waals surface area (Å²) in [5, 5.41) is 0. The van der Waals surface area contributed by atoms with Crippen molar-refractivity contribution in [2.75, 3.05) is 0 Å². The molecule has 2 heteroatoms. The molecule has 0 aromatic rings. The molecule has 0 aliphatic rings. The van der Waals surface area contributed by atoms with Crippen molar-refractivity contribution in [3.63, 3.8) is 0 Å². The number of hydrogen-bond acceptors (Lipinski definition) is 2. The molecule has 0 aliphatic carbocycles. The smallest absolute Gasteiger partial charge is 0.0636 e. The summed E-state index contributed by atoms with van der Waals surface area (Å²) in [4.78, 5) is 0. The first-order valence-electron chi connectivity index (χ1n) is 8.70. The topological polar surface area (TPSA) is 52.0 Å². The van der Waals surface area contributed by atoms with Gasteiger partial charge in [0.2, 0.25) is 0 Å². The minimum atomic E-state index is -0.409.